The summed E-state index contributed by atoms with van der Waals surface area (Å²) in [6.45, 7) is 10.7. The predicted octanol–water partition coefficient (Wildman–Crippen LogP) is 2.23. The van der Waals surface area contributed by atoms with E-state index in [1.165, 1.54) is 5.56 Å². The van der Waals surface area contributed by atoms with Crippen molar-refractivity contribution in [2.75, 3.05) is 52.9 Å². The number of ether oxygens (including phenoxy) is 6. The van der Waals surface area contributed by atoms with Gasteiger partial charge in [-0.2, -0.15) is 0 Å². The minimum atomic E-state index is -0.631. The van der Waals surface area contributed by atoms with E-state index in [1.807, 2.05) is 19.1 Å². The molecule has 1 rings (SSSR count). The number of carbonyl (C=O) groups excluding carboxylic acids is 3. The summed E-state index contributed by atoms with van der Waals surface area (Å²) in [6.07, 6.45) is 1.35. The molecule has 0 aromatic heterocycles. The van der Waals surface area contributed by atoms with Gasteiger partial charge < -0.3 is 45.2 Å². The Bertz CT molecular complexity index is 875. The van der Waals surface area contributed by atoms with Crippen LogP contribution in [-0.4, -0.2) is 88.5 Å². The fourth-order valence-corrected chi connectivity index (χ4v) is 3.54. The van der Waals surface area contributed by atoms with Crippen molar-refractivity contribution in [3.05, 3.63) is 35.4 Å². The minimum absolute atomic E-state index is 0.100. The van der Waals surface area contributed by atoms with E-state index in [9.17, 15) is 14.4 Å². The van der Waals surface area contributed by atoms with Crippen molar-refractivity contribution in [2.45, 2.75) is 77.7 Å². The van der Waals surface area contributed by atoms with Crippen LogP contribution in [0.2, 0.25) is 0 Å². The number of primary amides is 2. The summed E-state index contributed by atoms with van der Waals surface area (Å²) in [7, 11) is 0. The lowest BCUT2D eigenvalue weighted by atomic mass is 10.1. The van der Waals surface area contributed by atoms with Crippen molar-refractivity contribution in [3.63, 3.8) is 0 Å². The molecule has 2 atom stereocenters. The Morgan fingerprint density at radius 3 is 1.88 bits per heavy atom. The van der Waals surface area contributed by atoms with E-state index in [0.717, 1.165) is 18.4 Å². The van der Waals surface area contributed by atoms with Gasteiger partial charge >= 0.3 is 6.09 Å². The van der Waals surface area contributed by atoms with Crippen LogP contribution in [0.4, 0.5) is 4.79 Å². The quantitative estimate of drug-likeness (QED) is 0.163. The van der Waals surface area contributed by atoms with Crippen molar-refractivity contribution >= 4 is 17.9 Å². The van der Waals surface area contributed by atoms with Gasteiger partial charge in [-0.15, -0.1) is 0 Å². The largest absolute Gasteiger partial charge is 0.444 e. The molecule has 3 amide bonds. The molecular weight excluding hydrogens is 534 g/mol. The topological polar surface area (TPSA) is 171 Å². The highest BCUT2D eigenvalue weighted by molar-refractivity contribution is 5.75. The van der Waals surface area contributed by atoms with Crippen molar-refractivity contribution in [1.82, 2.24) is 5.32 Å². The van der Waals surface area contributed by atoms with Crippen molar-refractivity contribution in [2.24, 2.45) is 11.5 Å². The second-order valence-corrected chi connectivity index (χ2v) is 10.5. The van der Waals surface area contributed by atoms with Crippen LogP contribution in [0.3, 0.4) is 0 Å². The van der Waals surface area contributed by atoms with Crippen LogP contribution < -0.4 is 16.8 Å². The Balaban J connectivity index is 2.22. The number of alkyl carbamates (subject to hydrolysis) is 1. The first-order valence-corrected chi connectivity index (χ1v) is 14.0. The lowest BCUT2D eigenvalue weighted by Crippen LogP contribution is -2.45. The van der Waals surface area contributed by atoms with Crippen LogP contribution in [0.25, 0.3) is 0 Å². The Hall–Kier alpha value is -2.77. The summed E-state index contributed by atoms with van der Waals surface area (Å²) in [6, 6.07) is 7.74. The number of nitrogens with one attached hydrogen (secondary N) is 1. The molecule has 1 aromatic rings. The summed E-state index contributed by atoms with van der Waals surface area (Å²) in [5.74, 6) is -0.938. The number of aryl methyl sites for hydroxylation is 1. The maximum Gasteiger partial charge on any atom is 0.407 e. The molecule has 12 nitrogen and oxygen atoms in total. The summed E-state index contributed by atoms with van der Waals surface area (Å²) < 4.78 is 32.7. The van der Waals surface area contributed by atoms with Crippen molar-refractivity contribution in [1.29, 1.82) is 0 Å². The van der Waals surface area contributed by atoms with Gasteiger partial charge in [-0.05, 0) is 58.1 Å². The van der Waals surface area contributed by atoms with Gasteiger partial charge in [0.15, 0.2) is 0 Å². The highest BCUT2D eigenvalue weighted by atomic mass is 16.6. The summed E-state index contributed by atoms with van der Waals surface area (Å²) in [5, 5.41) is 2.80. The van der Waals surface area contributed by atoms with Crippen LogP contribution in [0.15, 0.2) is 24.3 Å². The van der Waals surface area contributed by atoms with Gasteiger partial charge in [-0.1, -0.05) is 24.3 Å². The maximum absolute atomic E-state index is 12.2. The molecule has 0 saturated carbocycles. The zero-order chi connectivity index (χ0) is 30.5. The van der Waals surface area contributed by atoms with Gasteiger partial charge in [-0.25, -0.2) is 4.79 Å². The molecule has 0 radical (unpaired) electrons. The molecule has 0 heterocycles. The second-order valence-electron chi connectivity index (χ2n) is 10.5. The number of benzene rings is 1. The Morgan fingerprint density at radius 1 is 0.805 bits per heavy atom. The van der Waals surface area contributed by atoms with E-state index in [2.05, 4.69) is 17.4 Å². The predicted molar refractivity (Wildman–Crippen MR) is 153 cm³/mol. The molecule has 0 unspecified atom stereocenters. The average molecular weight is 584 g/mol. The number of carbonyl (C=O) groups is 3. The van der Waals surface area contributed by atoms with Crippen LogP contribution in [-0.2, 0) is 51.0 Å². The van der Waals surface area contributed by atoms with Gasteiger partial charge in [0.1, 0.15) is 12.2 Å². The highest BCUT2D eigenvalue weighted by Crippen LogP contribution is 2.14. The Kier molecular flexibility index (Phi) is 18.6. The molecular formula is C29H49N3O9. The zero-order valence-corrected chi connectivity index (χ0v) is 25.0. The lowest BCUT2D eigenvalue weighted by Gasteiger charge is -2.27. The van der Waals surface area contributed by atoms with Gasteiger partial charge in [0, 0.05) is 13.0 Å². The average Bonchev–Trinajstić information content (AvgIpc) is 2.89. The van der Waals surface area contributed by atoms with Gasteiger partial charge in [-0.3, -0.25) is 9.59 Å². The number of hydrogen-bond acceptors (Lipinski definition) is 9. The SMILES string of the molecule is C[C@@H](OCc1ccc(CCCOCCOCCOCCOCC(N)=O)cc1)[C@H](CCC(N)=O)NC(=O)OC(C)(C)C. The molecule has 0 aliphatic carbocycles. The van der Waals surface area contributed by atoms with E-state index >= 15 is 0 Å². The summed E-state index contributed by atoms with van der Waals surface area (Å²) in [5.41, 5.74) is 11.8. The van der Waals surface area contributed by atoms with Crippen molar-refractivity contribution < 1.29 is 42.8 Å². The van der Waals surface area contributed by atoms with E-state index in [1.54, 1.807) is 20.8 Å². The van der Waals surface area contributed by atoms with Crippen LogP contribution in [0.5, 0.6) is 0 Å². The molecule has 0 bridgehead atoms. The van der Waals surface area contributed by atoms with Crippen LogP contribution in [0.1, 0.15) is 58.1 Å². The number of amides is 3. The van der Waals surface area contributed by atoms with Gasteiger partial charge in [0.2, 0.25) is 11.8 Å². The first kappa shape index (κ1) is 36.3. The molecule has 0 spiro atoms. The van der Waals surface area contributed by atoms with Crippen molar-refractivity contribution in [3.8, 4) is 0 Å². The van der Waals surface area contributed by atoms with Gasteiger partial charge in [0.05, 0.1) is 58.4 Å². The number of nitrogens with two attached hydrogens (primary N) is 2. The maximum atomic E-state index is 12.2. The summed E-state index contributed by atoms with van der Waals surface area (Å²) in [4.78, 5) is 34.0. The smallest absolute Gasteiger partial charge is 0.407 e. The minimum Gasteiger partial charge on any atom is -0.444 e. The normalized spacial score (nSPS) is 13.0. The molecule has 41 heavy (non-hydrogen) atoms. The lowest BCUT2D eigenvalue weighted by molar-refractivity contribution is -0.123. The molecule has 1 aromatic carbocycles. The fraction of sp³-hybridized carbons (Fsp3) is 0.690. The van der Waals surface area contributed by atoms with E-state index in [4.69, 9.17) is 39.9 Å². The third kappa shape index (κ3) is 20.7. The first-order valence-electron chi connectivity index (χ1n) is 14.0. The molecule has 5 N–H and O–H groups in total. The van der Waals surface area contributed by atoms with E-state index in [-0.39, 0.29) is 19.1 Å². The fourth-order valence-electron chi connectivity index (χ4n) is 3.54. The molecule has 0 aliphatic rings. The Morgan fingerprint density at radius 2 is 1.34 bits per heavy atom. The van der Waals surface area contributed by atoms with E-state index in [0.29, 0.717) is 59.3 Å². The first-order chi connectivity index (χ1) is 19.5. The highest BCUT2D eigenvalue weighted by Gasteiger charge is 2.24. The zero-order valence-electron chi connectivity index (χ0n) is 25.0. The van der Waals surface area contributed by atoms with Crippen LogP contribution in [0, 0.1) is 0 Å². The molecule has 0 aliphatic heterocycles. The number of rotatable bonds is 23. The summed E-state index contributed by atoms with van der Waals surface area (Å²) >= 11 is 0. The molecule has 12 heteroatoms. The Labute approximate surface area is 243 Å². The monoisotopic (exact) mass is 583 g/mol. The molecule has 0 saturated heterocycles. The number of hydrogen-bond donors (Lipinski definition) is 3. The molecule has 0 fully saturated rings. The third-order valence-electron chi connectivity index (χ3n) is 5.62. The molecule has 234 valence electrons. The third-order valence-corrected chi connectivity index (χ3v) is 5.62. The van der Waals surface area contributed by atoms with E-state index < -0.39 is 29.6 Å². The standard InChI is InChI=1S/C29H49N3O9/c1-22(25(11-12-26(30)33)32-28(35)41-29(2,3)4)40-20-24-9-7-23(8-10-24)6-5-13-36-14-15-37-16-17-38-18-19-39-21-27(31)34/h7-10,22,25H,5-6,11-21H2,1-4H3,(H2,30,33)(H2,31,34)(H,32,35)/t22-,25+/m1/s1. The second kappa shape index (κ2) is 21.0. The van der Waals surface area contributed by atoms with Crippen LogP contribution >= 0.6 is 0 Å². The van der Waals surface area contributed by atoms with Gasteiger partial charge in [0.25, 0.3) is 0 Å².